The number of aromatic carboxylic acids is 1. The van der Waals surface area contributed by atoms with E-state index in [1.807, 2.05) is 19.1 Å². The SMILES string of the molecule is Cc1ccc(C(=O)Nc2cnc(N3CCNC(=O)C3)c(C(=O)O)c2)cc1. The Kier molecular flexibility index (Phi) is 4.83. The van der Waals surface area contributed by atoms with Gasteiger partial charge < -0.3 is 20.6 Å². The number of pyridine rings is 1. The highest BCUT2D eigenvalue weighted by Gasteiger charge is 2.23. The highest BCUT2D eigenvalue weighted by Crippen LogP contribution is 2.22. The van der Waals surface area contributed by atoms with Gasteiger partial charge in [0.1, 0.15) is 11.4 Å². The first-order chi connectivity index (χ1) is 12.4. The second-order valence-corrected chi connectivity index (χ2v) is 5.99. The second-order valence-electron chi connectivity index (χ2n) is 5.99. The molecule has 3 N–H and O–H groups in total. The van der Waals surface area contributed by atoms with Gasteiger partial charge in [-0.3, -0.25) is 9.59 Å². The maximum Gasteiger partial charge on any atom is 0.339 e. The van der Waals surface area contributed by atoms with Gasteiger partial charge in [0.05, 0.1) is 18.4 Å². The molecule has 0 atom stereocenters. The molecule has 2 amide bonds. The van der Waals surface area contributed by atoms with Gasteiger partial charge in [-0.05, 0) is 25.1 Å². The molecule has 2 aromatic rings. The zero-order valence-electron chi connectivity index (χ0n) is 14.2. The Morgan fingerprint density at radius 3 is 2.65 bits per heavy atom. The van der Waals surface area contributed by atoms with Gasteiger partial charge in [-0.1, -0.05) is 17.7 Å². The second kappa shape index (κ2) is 7.22. The van der Waals surface area contributed by atoms with Crippen LogP contribution in [0.15, 0.2) is 36.5 Å². The average Bonchev–Trinajstić information content (AvgIpc) is 2.62. The molecule has 1 aliphatic heterocycles. The topological polar surface area (TPSA) is 112 Å². The van der Waals surface area contributed by atoms with Crippen molar-refractivity contribution < 1.29 is 19.5 Å². The largest absolute Gasteiger partial charge is 0.478 e. The molecule has 1 aromatic carbocycles. The monoisotopic (exact) mass is 354 g/mol. The number of rotatable bonds is 4. The minimum absolute atomic E-state index is 0.0440. The Morgan fingerprint density at radius 2 is 2.00 bits per heavy atom. The summed E-state index contributed by atoms with van der Waals surface area (Å²) in [6.07, 6.45) is 1.39. The molecule has 26 heavy (non-hydrogen) atoms. The number of carboxylic acids is 1. The third-order valence-corrected chi connectivity index (χ3v) is 4.01. The summed E-state index contributed by atoms with van der Waals surface area (Å²) in [5.41, 5.74) is 1.70. The van der Waals surface area contributed by atoms with E-state index in [0.29, 0.717) is 18.7 Å². The number of benzene rings is 1. The maximum absolute atomic E-state index is 12.3. The van der Waals surface area contributed by atoms with Crippen molar-refractivity contribution in [2.75, 3.05) is 29.9 Å². The lowest BCUT2D eigenvalue weighted by atomic mass is 10.1. The van der Waals surface area contributed by atoms with Gasteiger partial charge in [0.15, 0.2) is 0 Å². The lowest BCUT2D eigenvalue weighted by Gasteiger charge is -2.28. The zero-order chi connectivity index (χ0) is 18.7. The first-order valence-electron chi connectivity index (χ1n) is 8.07. The summed E-state index contributed by atoms with van der Waals surface area (Å²) in [7, 11) is 0. The minimum Gasteiger partial charge on any atom is -0.478 e. The number of nitrogens with zero attached hydrogens (tertiary/aromatic N) is 2. The molecule has 8 nitrogen and oxygen atoms in total. The predicted octanol–water partition coefficient (Wildman–Crippen LogP) is 1.28. The molecule has 1 aromatic heterocycles. The first-order valence-corrected chi connectivity index (χ1v) is 8.07. The van der Waals surface area contributed by atoms with Crippen LogP contribution in [-0.4, -0.2) is 47.5 Å². The van der Waals surface area contributed by atoms with Crippen LogP contribution in [0, 0.1) is 6.92 Å². The first kappa shape index (κ1) is 17.4. The summed E-state index contributed by atoms with van der Waals surface area (Å²) < 4.78 is 0. The van der Waals surface area contributed by atoms with Gasteiger partial charge in [-0.2, -0.15) is 0 Å². The van der Waals surface area contributed by atoms with Crippen molar-refractivity contribution in [1.29, 1.82) is 0 Å². The van der Waals surface area contributed by atoms with Crippen LogP contribution in [0.1, 0.15) is 26.3 Å². The average molecular weight is 354 g/mol. The normalized spacial score (nSPS) is 13.9. The summed E-state index contributed by atoms with van der Waals surface area (Å²) >= 11 is 0. The highest BCUT2D eigenvalue weighted by atomic mass is 16.4. The Hall–Kier alpha value is -3.42. The third-order valence-electron chi connectivity index (χ3n) is 4.01. The number of aryl methyl sites for hydroxylation is 1. The molecule has 0 bridgehead atoms. The van der Waals surface area contributed by atoms with Crippen molar-refractivity contribution in [3.63, 3.8) is 0 Å². The van der Waals surface area contributed by atoms with E-state index in [1.165, 1.54) is 12.3 Å². The quantitative estimate of drug-likeness (QED) is 0.762. The van der Waals surface area contributed by atoms with Crippen molar-refractivity contribution in [3.05, 3.63) is 53.2 Å². The number of piperazine rings is 1. The van der Waals surface area contributed by atoms with Crippen LogP contribution < -0.4 is 15.5 Å². The molecule has 0 aliphatic carbocycles. The highest BCUT2D eigenvalue weighted by molar-refractivity contribution is 6.05. The van der Waals surface area contributed by atoms with Crippen LogP contribution in [0.3, 0.4) is 0 Å². The maximum atomic E-state index is 12.3. The number of amides is 2. The number of nitrogens with one attached hydrogen (secondary N) is 2. The number of hydrogen-bond acceptors (Lipinski definition) is 5. The lowest BCUT2D eigenvalue weighted by molar-refractivity contribution is -0.120. The fourth-order valence-electron chi connectivity index (χ4n) is 2.66. The fourth-order valence-corrected chi connectivity index (χ4v) is 2.66. The molecule has 1 fully saturated rings. The summed E-state index contributed by atoms with van der Waals surface area (Å²) in [5.74, 6) is -1.51. The molecular weight excluding hydrogens is 336 g/mol. The standard InChI is InChI=1S/C18H18N4O4/c1-11-2-4-12(5-3-11)17(24)21-13-8-14(18(25)26)16(20-9-13)22-7-6-19-15(23)10-22/h2-5,8-9H,6-7,10H2,1H3,(H,19,23)(H,21,24)(H,25,26). The van der Waals surface area contributed by atoms with Crippen molar-refractivity contribution in [2.45, 2.75) is 6.92 Å². The molecule has 0 spiro atoms. The van der Waals surface area contributed by atoms with Crippen molar-refractivity contribution in [2.24, 2.45) is 0 Å². The number of hydrogen-bond donors (Lipinski definition) is 3. The zero-order valence-corrected chi connectivity index (χ0v) is 14.2. The molecule has 1 aliphatic rings. The molecule has 1 saturated heterocycles. The van der Waals surface area contributed by atoms with E-state index in [1.54, 1.807) is 17.0 Å². The number of carboxylic acid groups (broad SMARTS) is 1. The molecule has 2 heterocycles. The molecular formula is C18H18N4O4. The number of anilines is 2. The van der Waals surface area contributed by atoms with Gasteiger partial charge in [0.25, 0.3) is 5.91 Å². The van der Waals surface area contributed by atoms with Gasteiger partial charge in [-0.15, -0.1) is 0 Å². The number of carbonyl (C=O) groups excluding carboxylic acids is 2. The lowest BCUT2D eigenvalue weighted by Crippen LogP contribution is -2.48. The van der Waals surface area contributed by atoms with E-state index in [4.69, 9.17) is 0 Å². The summed E-state index contributed by atoms with van der Waals surface area (Å²) in [6.45, 7) is 2.85. The number of aromatic nitrogens is 1. The summed E-state index contributed by atoms with van der Waals surface area (Å²) in [6, 6.07) is 8.37. The summed E-state index contributed by atoms with van der Waals surface area (Å²) in [4.78, 5) is 41.2. The van der Waals surface area contributed by atoms with Crippen LogP contribution in [0.5, 0.6) is 0 Å². The molecule has 0 radical (unpaired) electrons. The summed E-state index contributed by atoms with van der Waals surface area (Å²) in [5, 5.41) is 14.8. The smallest absolute Gasteiger partial charge is 0.339 e. The van der Waals surface area contributed by atoms with Crippen LogP contribution in [0.25, 0.3) is 0 Å². The minimum atomic E-state index is -1.18. The van der Waals surface area contributed by atoms with Crippen LogP contribution in [0.2, 0.25) is 0 Å². The Balaban J connectivity index is 1.84. The van der Waals surface area contributed by atoms with Gasteiger partial charge >= 0.3 is 5.97 Å². The van der Waals surface area contributed by atoms with E-state index < -0.39 is 5.97 Å². The molecule has 134 valence electrons. The van der Waals surface area contributed by atoms with Crippen LogP contribution in [0.4, 0.5) is 11.5 Å². The van der Waals surface area contributed by atoms with Gasteiger partial charge in [0.2, 0.25) is 5.91 Å². The molecule has 0 unspecified atom stereocenters. The van der Waals surface area contributed by atoms with E-state index in [9.17, 15) is 19.5 Å². The van der Waals surface area contributed by atoms with Crippen molar-refractivity contribution >= 4 is 29.3 Å². The predicted molar refractivity (Wildman–Crippen MR) is 95.6 cm³/mol. The van der Waals surface area contributed by atoms with Gasteiger partial charge in [0, 0.05) is 18.7 Å². The van der Waals surface area contributed by atoms with Crippen LogP contribution >= 0.6 is 0 Å². The Morgan fingerprint density at radius 1 is 1.27 bits per heavy atom. The molecule has 0 saturated carbocycles. The van der Waals surface area contributed by atoms with E-state index >= 15 is 0 Å². The van der Waals surface area contributed by atoms with Crippen molar-refractivity contribution in [3.8, 4) is 0 Å². The van der Waals surface area contributed by atoms with E-state index in [0.717, 1.165) is 5.56 Å². The Bertz CT molecular complexity index is 864. The molecule has 3 rings (SSSR count). The number of carbonyl (C=O) groups is 3. The van der Waals surface area contributed by atoms with E-state index in [-0.39, 0.29) is 35.4 Å². The third kappa shape index (κ3) is 3.80. The molecule has 8 heteroatoms. The Labute approximate surface area is 149 Å². The fraction of sp³-hybridized carbons (Fsp3) is 0.222. The van der Waals surface area contributed by atoms with E-state index in [2.05, 4.69) is 15.6 Å². The van der Waals surface area contributed by atoms with Crippen LogP contribution in [-0.2, 0) is 4.79 Å². The van der Waals surface area contributed by atoms with Crippen molar-refractivity contribution in [1.82, 2.24) is 10.3 Å². The van der Waals surface area contributed by atoms with Gasteiger partial charge in [-0.25, -0.2) is 9.78 Å².